The molecule has 7 nitrogen and oxygen atoms in total. The number of methoxy groups -OCH3 is 3. The van der Waals surface area contributed by atoms with Crippen LogP contribution in [0.2, 0.25) is 0 Å². The summed E-state index contributed by atoms with van der Waals surface area (Å²) in [6.45, 7) is 2.85. The molecule has 0 unspecified atom stereocenters. The zero-order chi connectivity index (χ0) is 19.5. The van der Waals surface area contributed by atoms with E-state index in [2.05, 4.69) is 26.1 Å². The van der Waals surface area contributed by atoms with Crippen LogP contribution in [0.4, 0.5) is 0 Å². The molecule has 0 spiro atoms. The fraction of sp³-hybridized carbons (Fsp3) is 0.429. The van der Waals surface area contributed by atoms with Crippen LogP contribution in [0, 0.1) is 0 Å². The van der Waals surface area contributed by atoms with Gasteiger partial charge in [0.1, 0.15) is 5.75 Å². The summed E-state index contributed by atoms with van der Waals surface area (Å²) < 4.78 is 16.4. The molecular formula is C21H26N4O3. The van der Waals surface area contributed by atoms with Crippen LogP contribution in [-0.4, -0.2) is 54.5 Å². The molecule has 1 aromatic carbocycles. The van der Waals surface area contributed by atoms with E-state index in [1.54, 1.807) is 27.5 Å². The van der Waals surface area contributed by atoms with Crippen molar-refractivity contribution >= 4 is 11.0 Å². The molecule has 1 N–H and O–H groups in total. The van der Waals surface area contributed by atoms with Crippen molar-refractivity contribution in [1.82, 2.24) is 20.1 Å². The fourth-order valence-electron chi connectivity index (χ4n) is 4.02. The van der Waals surface area contributed by atoms with Gasteiger partial charge in [-0.05, 0) is 44.1 Å². The van der Waals surface area contributed by atoms with E-state index in [-0.39, 0.29) is 0 Å². The highest BCUT2D eigenvalue weighted by molar-refractivity contribution is 5.77. The lowest BCUT2D eigenvalue weighted by atomic mass is 9.92. The molecule has 4 rings (SSSR count). The van der Waals surface area contributed by atoms with Gasteiger partial charge in [0.2, 0.25) is 0 Å². The number of ether oxygens (including phenoxy) is 3. The van der Waals surface area contributed by atoms with E-state index in [1.165, 1.54) is 5.69 Å². The molecule has 1 aliphatic rings. The molecule has 1 fully saturated rings. The Morgan fingerprint density at radius 1 is 1.04 bits per heavy atom. The van der Waals surface area contributed by atoms with Gasteiger partial charge in [-0.3, -0.25) is 10.00 Å². The average molecular weight is 382 g/mol. The van der Waals surface area contributed by atoms with E-state index in [9.17, 15) is 0 Å². The Morgan fingerprint density at radius 2 is 1.75 bits per heavy atom. The van der Waals surface area contributed by atoms with Gasteiger partial charge in [0, 0.05) is 41.4 Å². The van der Waals surface area contributed by atoms with Gasteiger partial charge in [-0.15, -0.1) is 0 Å². The van der Waals surface area contributed by atoms with Gasteiger partial charge in [-0.25, -0.2) is 4.98 Å². The third-order valence-electron chi connectivity index (χ3n) is 5.54. The van der Waals surface area contributed by atoms with Crippen molar-refractivity contribution in [1.29, 1.82) is 0 Å². The van der Waals surface area contributed by atoms with Crippen LogP contribution in [0.5, 0.6) is 17.2 Å². The Kier molecular flexibility index (Phi) is 5.34. The van der Waals surface area contributed by atoms with Crippen molar-refractivity contribution in [3.05, 3.63) is 41.7 Å². The number of aromatic amines is 1. The largest absolute Gasteiger partial charge is 0.496 e. The van der Waals surface area contributed by atoms with Crippen LogP contribution in [0.1, 0.15) is 30.0 Å². The molecule has 1 saturated heterocycles. The molecule has 148 valence electrons. The van der Waals surface area contributed by atoms with Crippen LogP contribution in [-0.2, 0) is 6.54 Å². The maximum absolute atomic E-state index is 5.57. The molecule has 7 heteroatoms. The topological polar surface area (TPSA) is 72.5 Å². The molecule has 3 heterocycles. The van der Waals surface area contributed by atoms with E-state index >= 15 is 0 Å². The number of hydrogen-bond acceptors (Lipinski definition) is 6. The maximum Gasteiger partial charge on any atom is 0.181 e. The lowest BCUT2D eigenvalue weighted by molar-refractivity contribution is 0.201. The van der Waals surface area contributed by atoms with E-state index in [0.29, 0.717) is 11.7 Å². The van der Waals surface area contributed by atoms with Gasteiger partial charge in [0.05, 0.1) is 21.3 Å². The SMILES string of the molecule is COc1cc(OC)c(OC)cc1CN1CCC(c2[nH]nc3ncccc23)CC1. The number of H-pyrrole nitrogens is 1. The quantitative estimate of drug-likeness (QED) is 0.705. The number of benzene rings is 1. The summed E-state index contributed by atoms with van der Waals surface area (Å²) in [6, 6.07) is 7.98. The molecule has 1 aliphatic heterocycles. The second-order valence-corrected chi connectivity index (χ2v) is 7.08. The van der Waals surface area contributed by atoms with E-state index < -0.39 is 0 Å². The first kappa shape index (κ1) is 18.6. The molecule has 0 aliphatic carbocycles. The highest BCUT2D eigenvalue weighted by atomic mass is 16.5. The molecule has 0 saturated carbocycles. The number of nitrogens with zero attached hydrogens (tertiary/aromatic N) is 3. The smallest absolute Gasteiger partial charge is 0.181 e. The normalized spacial score (nSPS) is 15.7. The molecule has 0 atom stereocenters. The van der Waals surface area contributed by atoms with Crippen molar-refractivity contribution < 1.29 is 14.2 Å². The third-order valence-corrected chi connectivity index (χ3v) is 5.54. The van der Waals surface area contributed by atoms with Crippen molar-refractivity contribution in [2.45, 2.75) is 25.3 Å². The number of rotatable bonds is 6. The van der Waals surface area contributed by atoms with Crippen LogP contribution in [0.3, 0.4) is 0 Å². The van der Waals surface area contributed by atoms with Crippen LogP contribution >= 0.6 is 0 Å². The lowest BCUT2D eigenvalue weighted by Gasteiger charge is -2.32. The molecule has 3 aromatic rings. The summed E-state index contributed by atoms with van der Waals surface area (Å²) in [6.07, 6.45) is 3.95. The molecule has 2 aromatic heterocycles. The Hall–Kier alpha value is -2.80. The molecule has 0 amide bonds. The molecule has 0 radical (unpaired) electrons. The predicted molar refractivity (Wildman–Crippen MR) is 107 cm³/mol. The molecule has 28 heavy (non-hydrogen) atoms. The first-order valence-electron chi connectivity index (χ1n) is 9.53. The summed E-state index contributed by atoms with van der Waals surface area (Å²) in [5.41, 5.74) is 3.12. The minimum atomic E-state index is 0.484. The Morgan fingerprint density at radius 3 is 2.46 bits per heavy atom. The van der Waals surface area contributed by atoms with Crippen LogP contribution < -0.4 is 14.2 Å². The van der Waals surface area contributed by atoms with Gasteiger partial charge >= 0.3 is 0 Å². The highest BCUT2D eigenvalue weighted by Gasteiger charge is 2.25. The number of aromatic nitrogens is 3. The number of piperidine rings is 1. The van der Waals surface area contributed by atoms with Gasteiger partial charge in [0.15, 0.2) is 17.1 Å². The van der Waals surface area contributed by atoms with Gasteiger partial charge < -0.3 is 14.2 Å². The first-order chi connectivity index (χ1) is 13.7. The highest BCUT2D eigenvalue weighted by Crippen LogP contribution is 2.36. The number of fused-ring (bicyclic) bond motifs is 1. The Bertz CT molecular complexity index is 948. The second kappa shape index (κ2) is 8.06. The first-order valence-corrected chi connectivity index (χ1v) is 9.53. The summed E-state index contributed by atoms with van der Waals surface area (Å²) in [7, 11) is 4.98. The summed E-state index contributed by atoms with van der Waals surface area (Å²) >= 11 is 0. The molecular weight excluding hydrogens is 356 g/mol. The molecule has 0 bridgehead atoms. The standard InChI is InChI=1S/C21H26N4O3/c1-26-17-12-19(28-3)18(27-2)11-15(17)13-25-9-6-14(7-10-25)20-16-5-4-8-22-21(16)24-23-20/h4-5,8,11-12,14H,6-7,9-10,13H2,1-3H3,(H,22,23,24). The average Bonchev–Trinajstić information content (AvgIpc) is 3.18. The maximum atomic E-state index is 5.57. The third kappa shape index (κ3) is 3.49. The van der Waals surface area contributed by atoms with Gasteiger partial charge in [-0.1, -0.05) is 0 Å². The van der Waals surface area contributed by atoms with E-state index in [4.69, 9.17) is 14.2 Å². The Labute approximate surface area is 164 Å². The van der Waals surface area contributed by atoms with E-state index in [0.717, 1.165) is 60.6 Å². The van der Waals surface area contributed by atoms with Crippen LogP contribution in [0.15, 0.2) is 30.5 Å². The van der Waals surface area contributed by atoms with Gasteiger partial charge in [0.25, 0.3) is 0 Å². The minimum absolute atomic E-state index is 0.484. The monoisotopic (exact) mass is 382 g/mol. The zero-order valence-electron chi connectivity index (χ0n) is 16.6. The van der Waals surface area contributed by atoms with Crippen molar-refractivity contribution in [3.8, 4) is 17.2 Å². The number of likely N-dealkylation sites (tertiary alicyclic amines) is 1. The lowest BCUT2D eigenvalue weighted by Crippen LogP contribution is -2.32. The second-order valence-electron chi connectivity index (χ2n) is 7.08. The zero-order valence-corrected chi connectivity index (χ0v) is 16.6. The summed E-state index contributed by atoms with van der Waals surface area (Å²) in [5.74, 6) is 2.72. The van der Waals surface area contributed by atoms with Crippen LogP contribution in [0.25, 0.3) is 11.0 Å². The van der Waals surface area contributed by atoms with Crippen molar-refractivity contribution in [2.75, 3.05) is 34.4 Å². The Balaban J connectivity index is 1.46. The number of pyridine rings is 1. The summed E-state index contributed by atoms with van der Waals surface area (Å²) in [5, 5.41) is 8.70. The fourth-order valence-corrected chi connectivity index (χ4v) is 4.02. The van der Waals surface area contributed by atoms with Crippen molar-refractivity contribution in [2.24, 2.45) is 0 Å². The predicted octanol–water partition coefficient (Wildman–Crippen LogP) is 3.36. The minimum Gasteiger partial charge on any atom is -0.496 e. The van der Waals surface area contributed by atoms with E-state index in [1.807, 2.05) is 18.2 Å². The van der Waals surface area contributed by atoms with Crippen molar-refractivity contribution in [3.63, 3.8) is 0 Å². The summed E-state index contributed by atoms with van der Waals surface area (Å²) in [4.78, 5) is 6.78. The number of hydrogen-bond donors (Lipinski definition) is 1. The number of nitrogens with one attached hydrogen (secondary N) is 1. The van der Waals surface area contributed by atoms with Gasteiger partial charge in [-0.2, -0.15) is 5.10 Å².